The zero-order valence-corrected chi connectivity index (χ0v) is 11.5. The lowest BCUT2D eigenvalue weighted by Crippen LogP contribution is -2.07. The topological polar surface area (TPSA) is 46.5 Å². The molecule has 0 N–H and O–H groups in total. The molecule has 0 unspecified atom stereocenters. The maximum atomic E-state index is 11.9. The number of sulfonamides is 1. The van der Waals surface area contributed by atoms with E-state index < -0.39 is 10.0 Å². The Labute approximate surface area is 104 Å². The van der Waals surface area contributed by atoms with Gasteiger partial charge in [0.1, 0.15) is 0 Å². The van der Waals surface area contributed by atoms with E-state index in [4.69, 9.17) is 0 Å². The van der Waals surface area contributed by atoms with Gasteiger partial charge in [-0.1, -0.05) is 32.9 Å². The lowest BCUT2D eigenvalue weighted by Gasteiger charge is -2.13. The second-order valence-electron chi connectivity index (χ2n) is 3.91. The molecule has 3 nitrogen and oxygen atoms in total. The smallest absolute Gasteiger partial charge is 0.199 e. The highest BCUT2D eigenvalue weighted by Gasteiger charge is 2.20. The fraction of sp³-hybridized carbons (Fsp3) is 0.462. The first-order valence-electron chi connectivity index (χ1n) is 5.87. The van der Waals surface area contributed by atoms with Crippen molar-refractivity contribution in [3.05, 3.63) is 28.8 Å². The molecule has 0 aliphatic heterocycles. The number of aryl methyl sites for hydroxylation is 3. The van der Waals surface area contributed by atoms with Crippen molar-refractivity contribution in [1.82, 2.24) is 0 Å². The van der Waals surface area contributed by atoms with Crippen LogP contribution in [0.25, 0.3) is 0 Å². The van der Waals surface area contributed by atoms with Crippen molar-refractivity contribution in [3.63, 3.8) is 0 Å². The molecular formula is C13H19NO2S. The third kappa shape index (κ3) is 2.75. The average Bonchev–Trinajstić information content (AvgIpc) is 2.36. The van der Waals surface area contributed by atoms with Crippen molar-refractivity contribution >= 4 is 16.7 Å². The van der Waals surface area contributed by atoms with Crippen molar-refractivity contribution in [2.75, 3.05) is 0 Å². The number of hydrogen-bond donors (Lipinski definition) is 0. The molecule has 0 aliphatic carbocycles. The van der Waals surface area contributed by atoms with Crippen LogP contribution in [0.5, 0.6) is 0 Å². The second kappa shape index (κ2) is 5.45. The van der Waals surface area contributed by atoms with Gasteiger partial charge >= 0.3 is 0 Å². The summed E-state index contributed by atoms with van der Waals surface area (Å²) in [5, 5.41) is 0. The van der Waals surface area contributed by atoms with Crippen molar-refractivity contribution in [2.45, 2.75) is 44.9 Å². The van der Waals surface area contributed by atoms with Crippen LogP contribution in [0.15, 0.2) is 21.4 Å². The minimum absolute atomic E-state index is 0.356. The van der Waals surface area contributed by atoms with Gasteiger partial charge in [-0.05, 0) is 36.0 Å². The monoisotopic (exact) mass is 253 g/mol. The standard InChI is InChI=1S/C13H19NO2S/c1-5-10-8-11(6-2)13(12(7-3)9-10)17(15,16)14-4/h8-9H,4-7H2,1-3H3. The fourth-order valence-electron chi connectivity index (χ4n) is 1.95. The number of nitrogens with zero attached hydrogens (tertiary/aromatic N) is 1. The summed E-state index contributed by atoms with van der Waals surface area (Å²) in [5.74, 6) is 0. The molecule has 0 fully saturated rings. The summed E-state index contributed by atoms with van der Waals surface area (Å²) in [7, 11) is -3.59. The molecule has 4 heteroatoms. The van der Waals surface area contributed by atoms with Crippen LogP contribution >= 0.6 is 0 Å². The Morgan fingerprint density at radius 2 is 1.53 bits per heavy atom. The van der Waals surface area contributed by atoms with Gasteiger partial charge in [-0.15, -0.1) is 0 Å². The minimum atomic E-state index is -3.59. The highest BCUT2D eigenvalue weighted by atomic mass is 32.2. The summed E-state index contributed by atoms with van der Waals surface area (Å²) in [6.07, 6.45) is 2.28. The molecule has 1 aromatic carbocycles. The molecule has 94 valence electrons. The first kappa shape index (κ1) is 13.9. The predicted molar refractivity (Wildman–Crippen MR) is 71.3 cm³/mol. The molecule has 1 aromatic rings. The normalized spacial score (nSPS) is 11.5. The SMILES string of the molecule is C=NS(=O)(=O)c1c(CC)cc(CC)cc1CC. The molecule has 0 bridgehead atoms. The summed E-state index contributed by atoms with van der Waals surface area (Å²) in [6, 6.07) is 3.91. The summed E-state index contributed by atoms with van der Waals surface area (Å²) in [4.78, 5) is 0.356. The summed E-state index contributed by atoms with van der Waals surface area (Å²) < 4.78 is 27.1. The molecule has 0 saturated heterocycles. The largest absolute Gasteiger partial charge is 0.282 e. The summed E-state index contributed by atoms with van der Waals surface area (Å²) in [5.41, 5.74) is 2.85. The van der Waals surface area contributed by atoms with E-state index in [2.05, 4.69) is 18.0 Å². The van der Waals surface area contributed by atoms with Gasteiger partial charge in [0.25, 0.3) is 10.0 Å². The highest BCUT2D eigenvalue weighted by Crippen LogP contribution is 2.26. The lowest BCUT2D eigenvalue weighted by molar-refractivity contribution is 0.596. The average molecular weight is 253 g/mol. The van der Waals surface area contributed by atoms with E-state index in [0.29, 0.717) is 17.7 Å². The van der Waals surface area contributed by atoms with E-state index in [1.165, 1.54) is 5.56 Å². The Balaban J connectivity index is 3.62. The van der Waals surface area contributed by atoms with Crippen LogP contribution in [0.1, 0.15) is 37.5 Å². The predicted octanol–water partition coefficient (Wildman–Crippen LogP) is 2.76. The molecule has 0 aromatic heterocycles. The molecule has 17 heavy (non-hydrogen) atoms. The Kier molecular flexibility index (Phi) is 4.46. The Hall–Kier alpha value is -1.16. The van der Waals surface area contributed by atoms with Crippen LogP contribution in [-0.2, 0) is 29.3 Å². The quantitative estimate of drug-likeness (QED) is 0.757. The Morgan fingerprint density at radius 3 is 1.82 bits per heavy atom. The molecule has 0 saturated carbocycles. The number of rotatable bonds is 5. The molecular weight excluding hydrogens is 234 g/mol. The van der Waals surface area contributed by atoms with Crippen molar-refractivity contribution in [3.8, 4) is 0 Å². The maximum absolute atomic E-state index is 11.9. The first-order chi connectivity index (χ1) is 8.00. The van der Waals surface area contributed by atoms with E-state index in [9.17, 15) is 8.42 Å². The zero-order chi connectivity index (χ0) is 13.1. The Bertz CT molecular complexity index is 493. The van der Waals surface area contributed by atoms with Crippen LogP contribution in [0.4, 0.5) is 0 Å². The third-order valence-corrected chi connectivity index (χ3v) is 4.28. The minimum Gasteiger partial charge on any atom is -0.199 e. The molecule has 0 atom stereocenters. The van der Waals surface area contributed by atoms with E-state index in [-0.39, 0.29) is 0 Å². The van der Waals surface area contributed by atoms with Gasteiger partial charge in [0.15, 0.2) is 0 Å². The van der Waals surface area contributed by atoms with E-state index in [0.717, 1.165) is 17.5 Å². The van der Waals surface area contributed by atoms with Crippen LogP contribution in [0, 0.1) is 0 Å². The molecule has 0 aliphatic rings. The van der Waals surface area contributed by atoms with Crippen molar-refractivity contribution in [1.29, 1.82) is 0 Å². The van der Waals surface area contributed by atoms with Gasteiger partial charge < -0.3 is 0 Å². The number of benzene rings is 1. The van der Waals surface area contributed by atoms with Gasteiger partial charge in [-0.2, -0.15) is 12.8 Å². The van der Waals surface area contributed by atoms with Crippen molar-refractivity contribution in [2.24, 2.45) is 4.40 Å². The Morgan fingerprint density at radius 1 is 1.06 bits per heavy atom. The summed E-state index contributed by atoms with van der Waals surface area (Å²) in [6.45, 7) is 9.14. The van der Waals surface area contributed by atoms with Gasteiger partial charge in [0, 0.05) is 6.72 Å². The first-order valence-corrected chi connectivity index (χ1v) is 7.31. The molecule has 0 radical (unpaired) electrons. The highest BCUT2D eigenvalue weighted by molar-refractivity contribution is 7.90. The van der Waals surface area contributed by atoms with E-state index in [1.807, 2.05) is 26.0 Å². The summed E-state index contributed by atoms with van der Waals surface area (Å²) >= 11 is 0. The van der Waals surface area contributed by atoms with Gasteiger partial charge in [-0.25, -0.2) is 0 Å². The number of hydrogen-bond acceptors (Lipinski definition) is 2. The zero-order valence-electron chi connectivity index (χ0n) is 10.7. The van der Waals surface area contributed by atoms with Crippen LogP contribution < -0.4 is 0 Å². The molecule has 1 rings (SSSR count). The fourth-order valence-corrected chi connectivity index (χ4v) is 3.15. The van der Waals surface area contributed by atoms with Crippen LogP contribution in [0.3, 0.4) is 0 Å². The van der Waals surface area contributed by atoms with E-state index in [1.54, 1.807) is 0 Å². The van der Waals surface area contributed by atoms with Crippen LogP contribution in [-0.4, -0.2) is 15.1 Å². The second-order valence-corrected chi connectivity index (χ2v) is 5.52. The van der Waals surface area contributed by atoms with E-state index >= 15 is 0 Å². The van der Waals surface area contributed by atoms with Gasteiger partial charge in [0.2, 0.25) is 0 Å². The third-order valence-electron chi connectivity index (χ3n) is 2.90. The maximum Gasteiger partial charge on any atom is 0.282 e. The van der Waals surface area contributed by atoms with Crippen molar-refractivity contribution < 1.29 is 8.42 Å². The van der Waals surface area contributed by atoms with Gasteiger partial charge in [0.05, 0.1) is 4.90 Å². The molecule has 0 heterocycles. The van der Waals surface area contributed by atoms with Crippen LogP contribution in [0.2, 0.25) is 0 Å². The lowest BCUT2D eigenvalue weighted by atomic mass is 10.0. The molecule has 0 spiro atoms. The molecule has 0 amide bonds. The van der Waals surface area contributed by atoms with Gasteiger partial charge in [-0.3, -0.25) is 0 Å².